The molecule has 0 saturated heterocycles. The number of hydrogen-bond acceptors (Lipinski definition) is 4. The fourth-order valence-corrected chi connectivity index (χ4v) is 3.47. The molecule has 3 aromatic rings. The molecule has 1 aliphatic heterocycles. The number of aryl methyl sites for hydroxylation is 1. The van der Waals surface area contributed by atoms with Crippen LogP contribution >= 0.6 is 15.9 Å². The summed E-state index contributed by atoms with van der Waals surface area (Å²) in [5, 5.41) is 0. The molecule has 0 N–H and O–H groups in total. The molecule has 29 heavy (non-hydrogen) atoms. The van der Waals surface area contributed by atoms with Crippen LogP contribution in [-0.4, -0.2) is 11.8 Å². The molecule has 5 heteroatoms. The average Bonchev–Trinajstić information content (AvgIpc) is 3.03. The summed E-state index contributed by atoms with van der Waals surface area (Å²) in [6.45, 7) is 2.09. The maximum Gasteiger partial charge on any atom is 0.344 e. The minimum Gasteiger partial charge on any atom is -0.452 e. The topological polar surface area (TPSA) is 52.6 Å². The third kappa shape index (κ3) is 4.00. The molecule has 0 spiro atoms. The molecule has 1 heterocycles. The van der Waals surface area contributed by atoms with Gasteiger partial charge in [-0.05, 0) is 63.8 Å². The summed E-state index contributed by atoms with van der Waals surface area (Å²) in [6.07, 6.45) is 2.67. The number of ketones is 1. The molecule has 0 fully saturated rings. The number of benzene rings is 3. The molecule has 144 valence electrons. The van der Waals surface area contributed by atoms with Crippen LogP contribution in [0.1, 0.15) is 38.8 Å². The first-order chi connectivity index (χ1) is 14.0. The minimum absolute atomic E-state index is 0.191. The Morgan fingerprint density at radius 2 is 1.83 bits per heavy atom. The van der Waals surface area contributed by atoms with E-state index in [4.69, 9.17) is 9.47 Å². The van der Waals surface area contributed by atoms with Gasteiger partial charge in [0.05, 0.1) is 11.1 Å². The van der Waals surface area contributed by atoms with Crippen molar-refractivity contribution in [3.05, 3.63) is 99.2 Å². The van der Waals surface area contributed by atoms with Crippen LogP contribution in [0.15, 0.2) is 77.0 Å². The molecule has 3 aromatic carbocycles. The van der Waals surface area contributed by atoms with Crippen LogP contribution in [0, 0.1) is 0 Å². The first-order valence-corrected chi connectivity index (χ1v) is 9.98. The van der Waals surface area contributed by atoms with Gasteiger partial charge in [-0.15, -0.1) is 0 Å². The molecule has 0 aromatic heterocycles. The molecule has 0 bridgehead atoms. The Morgan fingerprint density at radius 3 is 2.55 bits per heavy atom. The summed E-state index contributed by atoms with van der Waals surface area (Å²) in [5.74, 6) is 0.255. The maximum absolute atomic E-state index is 12.6. The molecule has 0 aliphatic carbocycles. The van der Waals surface area contributed by atoms with Gasteiger partial charge < -0.3 is 9.47 Å². The van der Waals surface area contributed by atoms with Crippen molar-refractivity contribution in [1.29, 1.82) is 0 Å². The van der Waals surface area contributed by atoms with E-state index in [1.807, 2.05) is 30.3 Å². The van der Waals surface area contributed by atoms with Gasteiger partial charge in [0.2, 0.25) is 5.78 Å². The third-order valence-electron chi connectivity index (χ3n) is 4.63. The number of halogens is 1. The van der Waals surface area contributed by atoms with Gasteiger partial charge in [-0.1, -0.05) is 43.3 Å². The second-order valence-corrected chi connectivity index (χ2v) is 7.42. The fourth-order valence-electron chi connectivity index (χ4n) is 3.02. The third-order valence-corrected chi connectivity index (χ3v) is 5.32. The van der Waals surface area contributed by atoms with Crippen molar-refractivity contribution in [1.82, 2.24) is 0 Å². The smallest absolute Gasteiger partial charge is 0.344 e. The lowest BCUT2D eigenvalue weighted by Crippen LogP contribution is -2.09. The van der Waals surface area contributed by atoms with Gasteiger partial charge in [0.25, 0.3) is 0 Å². The standard InChI is InChI=1S/C24H17BrO4/c1-2-15-7-9-16(10-8-15)13-22-23(26)19-12-11-17(14-21(19)29-22)28-24(27)18-5-3-4-6-20(18)25/h3-14H,2H2,1H3/b22-13-. The first kappa shape index (κ1) is 19.2. The highest BCUT2D eigenvalue weighted by Crippen LogP contribution is 2.35. The molecule has 0 atom stereocenters. The van der Waals surface area contributed by atoms with Gasteiger partial charge in [-0.3, -0.25) is 4.79 Å². The number of carbonyl (C=O) groups excluding carboxylic acids is 2. The van der Waals surface area contributed by atoms with E-state index in [0.717, 1.165) is 12.0 Å². The summed E-state index contributed by atoms with van der Waals surface area (Å²) < 4.78 is 11.8. The van der Waals surface area contributed by atoms with E-state index < -0.39 is 5.97 Å². The number of rotatable bonds is 4. The van der Waals surface area contributed by atoms with Gasteiger partial charge in [-0.2, -0.15) is 0 Å². The highest BCUT2D eigenvalue weighted by molar-refractivity contribution is 9.10. The molecule has 4 rings (SSSR count). The van der Waals surface area contributed by atoms with E-state index >= 15 is 0 Å². The van der Waals surface area contributed by atoms with Crippen LogP contribution in [0.25, 0.3) is 6.08 Å². The van der Waals surface area contributed by atoms with Crippen LogP contribution < -0.4 is 9.47 Å². The predicted molar refractivity (Wildman–Crippen MR) is 114 cm³/mol. The number of carbonyl (C=O) groups is 2. The normalized spacial score (nSPS) is 13.9. The molecule has 0 amide bonds. The van der Waals surface area contributed by atoms with Crippen molar-refractivity contribution in [2.45, 2.75) is 13.3 Å². The Hall–Kier alpha value is -3.18. The van der Waals surface area contributed by atoms with Crippen molar-refractivity contribution in [2.75, 3.05) is 0 Å². The molecule has 1 aliphatic rings. The van der Waals surface area contributed by atoms with Crippen molar-refractivity contribution in [2.24, 2.45) is 0 Å². The molecular weight excluding hydrogens is 432 g/mol. The van der Waals surface area contributed by atoms with Crippen molar-refractivity contribution in [3.8, 4) is 11.5 Å². The van der Waals surface area contributed by atoms with Crippen molar-refractivity contribution in [3.63, 3.8) is 0 Å². The van der Waals surface area contributed by atoms with Crippen LogP contribution in [0.2, 0.25) is 0 Å². The summed E-state index contributed by atoms with van der Waals surface area (Å²) in [6, 6.07) is 19.7. The number of ether oxygens (including phenoxy) is 2. The molecule has 0 unspecified atom stereocenters. The van der Waals surface area contributed by atoms with Crippen LogP contribution in [0.5, 0.6) is 11.5 Å². The SMILES string of the molecule is CCc1ccc(/C=C2\Oc3cc(OC(=O)c4ccccc4Br)ccc3C2=O)cc1. The molecule has 0 radical (unpaired) electrons. The Bertz CT molecular complexity index is 1130. The Balaban J connectivity index is 1.54. The highest BCUT2D eigenvalue weighted by Gasteiger charge is 2.28. The quantitative estimate of drug-likeness (QED) is 0.285. The van der Waals surface area contributed by atoms with Gasteiger partial charge in [0, 0.05) is 10.5 Å². The Kier molecular flexibility index (Phi) is 5.32. The zero-order chi connectivity index (χ0) is 20.4. The average molecular weight is 449 g/mol. The lowest BCUT2D eigenvalue weighted by atomic mass is 10.1. The summed E-state index contributed by atoms with van der Waals surface area (Å²) in [4.78, 5) is 25.0. The van der Waals surface area contributed by atoms with Crippen molar-refractivity contribution < 1.29 is 19.1 Å². The largest absolute Gasteiger partial charge is 0.452 e. The van der Waals surface area contributed by atoms with E-state index in [1.165, 1.54) is 5.56 Å². The number of fused-ring (bicyclic) bond motifs is 1. The lowest BCUT2D eigenvalue weighted by molar-refractivity contribution is 0.0733. The van der Waals surface area contributed by atoms with Gasteiger partial charge >= 0.3 is 5.97 Å². The molecule has 4 nitrogen and oxygen atoms in total. The first-order valence-electron chi connectivity index (χ1n) is 9.19. The number of Topliss-reactive ketones (excluding diaryl/α,β-unsaturated/α-hetero) is 1. The van der Waals surface area contributed by atoms with Crippen LogP contribution in [-0.2, 0) is 6.42 Å². The number of hydrogen-bond donors (Lipinski definition) is 0. The van der Waals surface area contributed by atoms with Gasteiger partial charge in [-0.25, -0.2) is 4.79 Å². The summed E-state index contributed by atoms with van der Waals surface area (Å²) >= 11 is 3.34. The lowest BCUT2D eigenvalue weighted by Gasteiger charge is -2.07. The van der Waals surface area contributed by atoms with Crippen LogP contribution in [0.3, 0.4) is 0 Å². The summed E-state index contributed by atoms with van der Waals surface area (Å²) in [5.41, 5.74) is 2.98. The maximum atomic E-state index is 12.6. The minimum atomic E-state index is -0.492. The highest BCUT2D eigenvalue weighted by atomic mass is 79.9. The van der Waals surface area contributed by atoms with Crippen molar-refractivity contribution >= 4 is 33.8 Å². The van der Waals surface area contributed by atoms with E-state index in [2.05, 4.69) is 22.9 Å². The van der Waals surface area contributed by atoms with E-state index in [-0.39, 0.29) is 11.5 Å². The van der Waals surface area contributed by atoms with Crippen LogP contribution in [0.4, 0.5) is 0 Å². The fraction of sp³-hybridized carbons (Fsp3) is 0.0833. The van der Waals surface area contributed by atoms with Gasteiger partial charge in [0.15, 0.2) is 5.76 Å². The zero-order valence-corrected chi connectivity index (χ0v) is 17.2. The van der Waals surface area contributed by atoms with E-state index in [0.29, 0.717) is 27.1 Å². The Labute approximate surface area is 176 Å². The summed E-state index contributed by atoms with van der Waals surface area (Å²) in [7, 11) is 0. The predicted octanol–water partition coefficient (Wildman–Crippen LogP) is 5.85. The van der Waals surface area contributed by atoms with Gasteiger partial charge in [0.1, 0.15) is 11.5 Å². The van der Waals surface area contributed by atoms with E-state index in [9.17, 15) is 9.59 Å². The molecular formula is C24H17BrO4. The Morgan fingerprint density at radius 1 is 1.07 bits per heavy atom. The molecule has 0 saturated carbocycles. The number of allylic oxidation sites excluding steroid dienone is 1. The second kappa shape index (κ2) is 8.05. The van der Waals surface area contributed by atoms with E-state index in [1.54, 1.807) is 42.5 Å². The second-order valence-electron chi connectivity index (χ2n) is 6.56. The zero-order valence-electron chi connectivity index (χ0n) is 15.6. The number of esters is 1. The monoisotopic (exact) mass is 448 g/mol.